The van der Waals surface area contributed by atoms with E-state index in [1.54, 1.807) is 18.2 Å². The minimum atomic E-state index is -4.24. The first-order chi connectivity index (χ1) is 9.86. The van der Waals surface area contributed by atoms with E-state index in [2.05, 4.69) is 5.32 Å². The zero-order valence-corrected chi connectivity index (χ0v) is 11.6. The average molecular weight is 308 g/mol. The topological polar surface area (TPSA) is 110 Å². The van der Waals surface area contributed by atoms with Crippen LogP contribution in [-0.4, -0.2) is 17.9 Å². The third kappa shape index (κ3) is 4.01. The molecular weight excluding hydrogens is 296 g/mol. The summed E-state index contributed by atoms with van der Waals surface area (Å²) >= 11 is 0. The second kappa shape index (κ2) is 5.90. The van der Waals surface area contributed by atoms with Gasteiger partial charge in [0, 0.05) is 24.4 Å². The van der Waals surface area contributed by atoms with E-state index in [0.717, 1.165) is 5.56 Å². The van der Waals surface area contributed by atoms with E-state index in [4.69, 9.17) is 4.55 Å². The number of nitrogens with one attached hydrogen (secondary N) is 1. The van der Waals surface area contributed by atoms with Crippen molar-refractivity contribution < 1.29 is 17.9 Å². The molecule has 0 aliphatic carbocycles. The van der Waals surface area contributed by atoms with Crippen molar-refractivity contribution in [3.8, 4) is 0 Å². The fraction of sp³-hybridized carbons (Fsp3) is 0.0769. The molecule has 21 heavy (non-hydrogen) atoms. The van der Waals surface area contributed by atoms with Crippen LogP contribution in [0, 0.1) is 10.1 Å². The summed E-state index contributed by atoms with van der Waals surface area (Å²) in [6, 6.07) is 11.8. The smallest absolute Gasteiger partial charge is 0.294 e. The van der Waals surface area contributed by atoms with Crippen molar-refractivity contribution in [3.63, 3.8) is 0 Å². The summed E-state index contributed by atoms with van der Waals surface area (Å²) in [6.07, 6.45) is 0. The summed E-state index contributed by atoms with van der Waals surface area (Å²) in [5, 5.41) is 13.5. The molecule has 0 unspecified atom stereocenters. The Kier molecular flexibility index (Phi) is 4.20. The van der Waals surface area contributed by atoms with Gasteiger partial charge in [-0.2, -0.15) is 8.42 Å². The molecule has 2 aromatic rings. The predicted octanol–water partition coefficient (Wildman–Crippen LogP) is 2.45. The number of nitro groups is 1. The highest BCUT2D eigenvalue weighted by Crippen LogP contribution is 2.17. The number of nitro benzene ring substituents is 1. The van der Waals surface area contributed by atoms with Crippen LogP contribution in [0.5, 0.6) is 0 Å². The predicted molar refractivity (Wildman–Crippen MR) is 76.7 cm³/mol. The minimum Gasteiger partial charge on any atom is -0.381 e. The highest BCUT2D eigenvalue weighted by atomic mass is 32.2. The fourth-order valence-electron chi connectivity index (χ4n) is 1.71. The number of hydrogen-bond acceptors (Lipinski definition) is 5. The maximum Gasteiger partial charge on any atom is 0.294 e. The molecule has 2 N–H and O–H groups in total. The first-order valence-corrected chi connectivity index (χ1v) is 7.35. The zero-order chi connectivity index (χ0) is 15.5. The Morgan fingerprint density at radius 3 is 2.38 bits per heavy atom. The SMILES string of the molecule is O=[N+]([O-])c1ccc(CNc2cccc(S(=O)(=O)O)c2)cc1. The fourth-order valence-corrected chi connectivity index (χ4v) is 2.23. The van der Waals surface area contributed by atoms with E-state index in [1.807, 2.05) is 0 Å². The Morgan fingerprint density at radius 1 is 1.14 bits per heavy atom. The molecule has 0 amide bonds. The standard InChI is InChI=1S/C13H12N2O5S/c16-15(17)12-6-4-10(5-7-12)9-14-11-2-1-3-13(8-11)21(18,19)20/h1-8,14H,9H2,(H,18,19,20). The van der Waals surface area contributed by atoms with Gasteiger partial charge in [0.25, 0.3) is 15.8 Å². The van der Waals surface area contributed by atoms with E-state index in [-0.39, 0.29) is 10.6 Å². The van der Waals surface area contributed by atoms with E-state index in [1.165, 1.54) is 30.3 Å². The molecule has 0 atom stereocenters. The van der Waals surface area contributed by atoms with Crippen molar-refractivity contribution in [1.82, 2.24) is 0 Å². The molecule has 0 spiro atoms. The van der Waals surface area contributed by atoms with Gasteiger partial charge in [-0.05, 0) is 23.8 Å². The molecule has 110 valence electrons. The van der Waals surface area contributed by atoms with E-state index >= 15 is 0 Å². The number of benzene rings is 2. The third-order valence-corrected chi connectivity index (χ3v) is 3.63. The second-order valence-corrected chi connectivity index (χ2v) is 5.70. The summed E-state index contributed by atoms with van der Waals surface area (Å²) in [5.74, 6) is 0. The molecule has 0 bridgehead atoms. The van der Waals surface area contributed by atoms with Crippen molar-refractivity contribution in [1.29, 1.82) is 0 Å². The second-order valence-electron chi connectivity index (χ2n) is 4.28. The lowest BCUT2D eigenvalue weighted by Gasteiger charge is -2.07. The van der Waals surface area contributed by atoms with Gasteiger partial charge in [-0.1, -0.05) is 18.2 Å². The molecule has 2 aromatic carbocycles. The summed E-state index contributed by atoms with van der Waals surface area (Å²) < 4.78 is 31.0. The Labute approximate surface area is 121 Å². The van der Waals surface area contributed by atoms with Crippen molar-refractivity contribution in [2.75, 3.05) is 5.32 Å². The Balaban J connectivity index is 2.08. The first-order valence-electron chi connectivity index (χ1n) is 5.91. The van der Waals surface area contributed by atoms with Crippen LogP contribution in [0.15, 0.2) is 53.4 Å². The van der Waals surface area contributed by atoms with Crippen LogP contribution in [0.3, 0.4) is 0 Å². The first kappa shape index (κ1) is 14.9. The van der Waals surface area contributed by atoms with Gasteiger partial charge >= 0.3 is 0 Å². The lowest BCUT2D eigenvalue weighted by atomic mass is 10.2. The molecule has 8 heteroatoms. The minimum absolute atomic E-state index is 0.00659. The normalized spacial score (nSPS) is 11.1. The molecule has 0 saturated carbocycles. The molecule has 0 fully saturated rings. The summed E-state index contributed by atoms with van der Waals surface area (Å²) in [4.78, 5) is 9.86. The lowest BCUT2D eigenvalue weighted by molar-refractivity contribution is -0.384. The van der Waals surface area contributed by atoms with E-state index in [0.29, 0.717) is 12.2 Å². The summed E-state index contributed by atoms with van der Waals surface area (Å²) in [6.45, 7) is 0.368. The van der Waals surface area contributed by atoms with Gasteiger partial charge in [0.2, 0.25) is 0 Å². The maximum atomic E-state index is 11.0. The monoisotopic (exact) mass is 308 g/mol. The van der Waals surface area contributed by atoms with Gasteiger partial charge in [0.05, 0.1) is 9.82 Å². The van der Waals surface area contributed by atoms with E-state index in [9.17, 15) is 18.5 Å². The van der Waals surface area contributed by atoms with Crippen molar-refractivity contribution in [2.45, 2.75) is 11.4 Å². The Morgan fingerprint density at radius 2 is 1.81 bits per heavy atom. The van der Waals surface area contributed by atoms with Gasteiger partial charge < -0.3 is 5.32 Å². The quantitative estimate of drug-likeness (QED) is 0.499. The number of hydrogen-bond donors (Lipinski definition) is 2. The van der Waals surface area contributed by atoms with Crippen molar-refractivity contribution in [2.24, 2.45) is 0 Å². The highest BCUT2D eigenvalue weighted by Gasteiger charge is 2.09. The summed E-state index contributed by atoms with van der Waals surface area (Å²) in [7, 11) is -4.24. The number of rotatable bonds is 5. The van der Waals surface area contributed by atoms with Crippen LogP contribution in [0.25, 0.3) is 0 Å². The lowest BCUT2D eigenvalue weighted by Crippen LogP contribution is -2.02. The molecule has 0 saturated heterocycles. The van der Waals surface area contributed by atoms with Crippen molar-refractivity contribution >= 4 is 21.5 Å². The third-order valence-electron chi connectivity index (χ3n) is 2.78. The Hall–Kier alpha value is -2.45. The maximum absolute atomic E-state index is 11.0. The molecule has 0 aromatic heterocycles. The molecular formula is C13H12N2O5S. The Bertz CT molecular complexity index is 756. The van der Waals surface area contributed by atoms with Gasteiger partial charge in [0.1, 0.15) is 0 Å². The van der Waals surface area contributed by atoms with Crippen LogP contribution >= 0.6 is 0 Å². The van der Waals surface area contributed by atoms with Crippen LogP contribution < -0.4 is 5.32 Å². The average Bonchev–Trinajstić information content (AvgIpc) is 2.45. The molecule has 0 aliphatic heterocycles. The van der Waals surface area contributed by atoms with Crippen LogP contribution in [-0.2, 0) is 16.7 Å². The number of non-ortho nitro benzene ring substituents is 1. The van der Waals surface area contributed by atoms with Gasteiger partial charge in [0.15, 0.2) is 0 Å². The van der Waals surface area contributed by atoms with Crippen LogP contribution in [0.2, 0.25) is 0 Å². The van der Waals surface area contributed by atoms with Gasteiger partial charge in [-0.15, -0.1) is 0 Å². The van der Waals surface area contributed by atoms with Gasteiger partial charge in [-0.25, -0.2) is 0 Å². The number of anilines is 1. The molecule has 0 radical (unpaired) electrons. The molecule has 0 aliphatic rings. The molecule has 7 nitrogen and oxygen atoms in total. The largest absolute Gasteiger partial charge is 0.381 e. The molecule has 2 rings (SSSR count). The van der Waals surface area contributed by atoms with E-state index < -0.39 is 15.0 Å². The van der Waals surface area contributed by atoms with Gasteiger partial charge in [-0.3, -0.25) is 14.7 Å². The highest BCUT2D eigenvalue weighted by molar-refractivity contribution is 7.85. The zero-order valence-electron chi connectivity index (χ0n) is 10.8. The molecule has 0 heterocycles. The summed E-state index contributed by atoms with van der Waals surface area (Å²) in [5.41, 5.74) is 1.33. The van der Waals surface area contributed by atoms with Crippen LogP contribution in [0.1, 0.15) is 5.56 Å². The number of nitrogens with zero attached hydrogens (tertiary/aromatic N) is 1. The van der Waals surface area contributed by atoms with Crippen LogP contribution in [0.4, 0.5) is 11.4 Å². The van der Waals surface area contributed by atoms with Crippen molar-refractivity contribution in [3.05, 3.63) is 64.2 Å².